The van der Waals surface area contributed by atoms with Gasteiger partial charge in [0.25, 0.3) is 0 Å². The highest BCUT2D eigenvalue weighted by atomic mass is 16.6. The van der Waals surface area contributed by atoms with Gasteiger partial charge >= 0.3 is 5.97 Å². The topological polar surface area (TPSA) is 48.7 Å². The molecule has 0 fully saturated rings. The fraction of sp³-hybridized carbons (Fsp3) is 0.133. The van der Waals surface area contributed by atoms with Crippen LogP contribution in [0.25, 0.3) is 17.0 Å². The molecule has 4 heteroatoms. The molecule has 1 aromatic carbocycles. The molecular formula is C15H14O4. The van der Waals surface area contributed by atoms with Crippen molar-refractivity contribution in [1.29, 1.82) is 0 Å². The lowest BCUT2D eigenvalue weighted by molar-refractivity contribution is -0.139. The minimum absolute atomic E-state index is 0.134. The van der Waals surface area contributed by atoms with Crippen molar-refractivity contribution in [3.8, 4) is 0 Å². The summed E-state index contributed by atoms with van der Waals surface area (Å²) in [6.07, 6.45) is 4.95. The van der Waals surface area contributed by atoms with Crippen LogP contribution in [0, 0.1) is 0 Å². The Labute approximate surface area is 110 Å². The van der Waals surface area contributed by atoms with E-state index in [1.165, 1.54) is 20.3 Å². The summed E-state index contributed by atoms with van der Waals surface area (Å²) in [5.41, 5.74) is 0.825. The number of hydrogen-bond donors (Lipinski definition) is 0. The quantitative estimate of drug-likeness (QED) is 0.366. The van der Waals surface area contributed by atoms with Crippen molar-refractivity contribution in [3.63, 3.8) is 0 Å². The fourth-order valence-corrected chi connectivity index (χ4v) is 1.63. The van der Waals surface area contributed by atoms with Crippen molar-refractivity contribution in [1.82, 2.24) is 0 Å². The maximum absolute atomic E-state index is 11.3. The van der Waals surface area contributed by atoms with E-state index in [0.29, 0.717) is 5.76 Å². The Morgan fingerprint density at radius 2 is 2.00 bits per heavy atom. The zero-order valence-corrected chi connectivity index (χ0v) is 10.8. The summed E-state index contributed by atoms with van der Waals surface area (Å²) in [6.45, 7) is 0. The summed E-state index contributed by atoms with van der Waals surface area (Å²) in [4.78, 5) is 11.3. The number of carbonyl (C=O) groups is 1. The first-order chi connectivity index (χ1) is 9.24. The fourth-order valence-electron chi connectivity index (χ4n) is 1.63. The molecule has 0 bridgehead atoms. The first kappa shape index (κ1) is 13.0. The zero-order chi connectivity index (χ0) is 13.7. The summed E-state index contributed by atoms with van der Waals surface area (Å²) in [7, 11) is 2.72. The van der Waals surface area contributed by atoms with Crippen LogP contribution in [-0.2, 0) is 14.3 Å². The zero-order valence-electron chi connectivity index (χ0n) is 10.8. The first-order valence-corrected chi connectivity index (χ1v) is 5.74. The highest BCUT2D eigenvalue weighted by Crippen LogP contribution is 2.19. The van der Waals surface area contributed by atoms with Gasteiger partial charge in [0.15, 0.2) is 0 Å². The smallest absolute Gasteiger partial charge is 0.373 e. The summed E-state index contributed by atoms with van der Waals surface area (Å²) in [5, 5.41) is 1.03. The van der Waals surface area contributed by atoms with E-state index in [0.717, 1.165) is 11.0 Å². The van der Waals surface area contributed by atoms with E-state index in [4.69, 9.17) is 9.15 Å². The van der Waals surface area contributed by atoms with Gasteiger partial charge in [-0.3, -0.25) is 0 Å². The van der Waals surface area contributed by atoms with Crippen molar-refractivity contribution >= 4 is 23.0 Å². The van der Waals surface area contributed by atoms with Gasteiger partial charge in [0.2, 0.25) is 5.76 Å². The van der Waals surface area contributed by atoms with Gasteiger partial charge in [0, 0.05) is 5.39 Å². The van der Waals surface area contributed by atoms with Crippen LogP contribution in [0.15, 0.2) is 52.7 Å². The van der Waals surface area contributed by atoms with Crippen LogP contribution in [-0.4, -0.2) is 20.2 Å². The maximum Gasteiger partial charge on any atom is 0.373 e. The molecule has 0 N–H and O–H groups in total. The molecule has 2 aromatic rings. The number of carbonyl (C=O) groups excluding carboxylic acids is 1. The molecule has 4 nitrogen and oxygen atoms in total. The molecule has 1 aromatic heterocycles. The lowest BCUT2D eigenvalue weighted by Gasteiger charge is -2.00. The molecule has 0 saturated carbocycles. The van der Waals surface area contributed by atoms with Crippen molar-refractivity contribution in [3.05, 3.63) is 54.0 Å². The van der Waals surface area contributed by atoms with E-state index in [1.54, 1.807) is 12.2 Å². The average Bonchev–Trinajstić information content (AvgIpc) is 2.85. The van der Waals surface area contributed by atoms with Gasteiger partial charge in [-0.15, -0.1) is 0 Å². The van der Waals surface area contributed by atoms with Gasteiger partial charge in [0.1, 0.15) is 11.3 Å². The van der Waals surface area contributed by atoms with Gasteiger partial charge in [0.05, 0.1) is 14.2 Å². The number of methoxy groups -OCH3 is 2. The van der Waals surface area contributed by atoms with Crippen LogP contribution in [0.2, 0.25) is 0 Å². The van der Waals surface area contributed by atoms with Crippen molar-refractivity contribution in [2.75, 3.05) is 14.2 Å². The highest BCUT2D eigenvalue weighted by molar-refractivity contribution is 5.86. The minimum atomic E-state index is -0.517. The van der Waals surface area contributed by atoms with Crippen LogP contribution in [0.5, 0.6) is 0 Å². The molecule has 0 radical (unpaired) electrons. The van der Waals surface area contributed by atoms with Gasteiger partial charge in [-0.25, -0.2) is 4.79 Å². The van der Waals surface area contributed by atoms with Crippen molar-refractivity contribution < 1.29 is 18.7 Å². The molecule has 0 aliphatic heterocycles. The third-order valence-electron chi connectivity index (χ3n) is 2.56. The predicted molar refractivity (Wildman–Crippen MR) is 72.4 cm³/mol. The van der Waals surface area contributed by atoms with E-state index >= 15 is 0 Å². The van der Waals surface area contributed by atoms with E-state index in [1.807, 2.05) is 30.3 Å². The number of ether oxygens (including phenoxy) is 2. The number of furan rings is 1. The molecule has 0 saturated heterocycles. The Kier molecular flexibility index (Phi) is 4.03. The highest BCUT2D eigenvalue weighted by Gasteiger charge is 2.07. The summed E-state index contributed by atoms with van der Waals surface area (Å²) in [5.74, 6) is 0.324. The van der Waals surface area contributed by atoms with Crippen LogP contribution in [0.4, 0.5) is 0 Å². The normalized spacial score (nSPS) is 12.0. The van der Waals surface area contributed by atoms with Gasteiger partial charge in [-0.2, -0.15) is 0 Å². The Balaban J connectivity index is 2.18. The molecule has 98 valence electrons. The molecule has 0 unspecified atom stereocenters. The van der Waals surface area contributed by atoms with Crippen LogP contribution < -0.4 is 0 Å². The molecule has 19 heavy (non-hydrogen) atoms. The number of esters is 1. The Hall–Kier alpha value is -2.49. The number of rotatable bonds is 4. The SMILES string of the molecule is COC(=O)C(=CC=Cc1cc2ccccc2o1)OC. The van der Waals surface area contributed by atoms with Crippen LogP contribution in [0.1, 0.15) is 5.76 Å². The van der Waals surface area contributed by atoms with Crippen molar-refractivity contribution in [2.45, 2.75) is 0 Å². The molecule has 0 atom stereocenters. The first-order valence-electron chi connectivity index (χ1n) is 5.74. The van der Waals surface area contributed by atoms with E-state index in [2.05, 4.69) is 4.74 Å². The Morgan fingerprint density at radius 3 is 2.68 bits per heavy atom. The van der Waals surface area contributed by atoms with Gasteiger partial charge < -0.3 is 13.9 Å². The molecule has 0 aliphatic carbocycles. The third kappa shape index (κ3) is 3.04. The second-order valence-corrected chi connectivity index (χ2v) is 3.77. The molecule has 0 amide bonds. The summed E-state index contributed by atoms with van der Waals surface area (Å²) < 4.78 is 15.1. The van der Waals surface area contributed by atoms with E-state index in [9.17, 15) is 4.79 Å². The second-order valence-electron chi connectivity index (χ2n) is 3.77. The monoisotopic (exact) mass is 258 g/mol. The number of allylic oxidation sites excluding steroid dienone is 2. The molecule has 0 aliphatic rings. The van der Waals surface area contributed by atoms with E-state index in [-0.39, 0.29) is 5.76 Å². The number of fused-ring (bicyclic) bond motifs is 1. The maximum atomic E-state index is 11.3. The van der Waals surface area contributed by atoms with Gasteiger partial charge in [-0.05, 0) is 24.3 Å². The van der Waals surface area contributed by atoms with Gasteiger partial charge in [-0.1, -0.05) is 24.3 Å². The lowest BCUT2D eigenvalue weighted by Crippen LogP contribution is -2.05. The van der Waals surface area contributed by atoms with Crippen LogP contribution in [0.3, 0.4) is 0 Å². The summed E-state index contributed by atoms with van der Waals surface area (Å²) in [6, 6.07) is 9.66. The third-order valence-corrected chi connectivity index (χ3v) is 2.56. The molecular weight excluding hydrogens is 244 g/mol. The Bertz CT molecular complexity index is 601. The number of benzene rings is 1. The Morgan fingerprint density at radius 1 is 1.21 bits per heavy atom. The average molecular weight is 258 g/mol. The number of para-hydroxylation sites is 1. The standard InChI is InChI=1S/C15H14O4/c1-17-14(15(16)18-2)9-5-7-12-10-11-6-3-4-8-13(11)19-12/h3-10H,1-2H3. The minimum Gasteiger partial charge on any atom is -0.490 e. The van der Waals surface area contributed by atoms with Crippen LogP contribution >= 0.6 is 0 Å². The molecule has 0 spiro atoms. The predicted octanol–water partition coefficient (Wildman–Crippen LogP) is 3.15. The number of hydrogen-bond acceptors (Lipinski definition) is 4. The second kappa shape index (κ2) is 5.91. The largest absolute Gasteiger partial charge is 0.490 e. The van der Waals surface area contributed by atoms with E-state index < -0.39 is 5.97 Å². The van der Waals surface area contributed by atoms with Crippen molar-refractivity contribution in [2.24, 2.45) is 0 Å². The molecule has 2 rings (SSSR count). The lowest BCUT2D eigenvalue weighted by atomic mass is 10.2. The summed E-state index contributed by atoms with van der Waals surface area (Å²) >= 11 is 0. The molecule has 1 heterocycles.